The maximum atomic E-state index is 11.6. The highest BCUT2D eigenvalue weighted by Crippen LogP contribution is 2.21. The Morgan fingerprint density at radius 3 is 2.20 bits per heavy atom. The number of hydrogen-bond acceptors (Lipinski definition) is 3. The minimum atomic E-state index is -1.20. The molecule has 0 aromatic heterocycles. The molecule has 0 aliphatic carbocycles. The van der Waals surface area contributed by atoms with Gasteiger partial charge in [-0.05, 0) is 17.0 Å². The molecular weight excluding hydrogens is 278 g/mol. The topological polar surface area (TPSA) is 69.2 Å². The predicted octanol–water partition coefficient (Wildman–Crippen LogP) is 1.74. The Hall–Kier alpha value is -1.55. The number of halogens is 1. The minimum absolute atomic E-state index is 0.162. The Morgan fingerprint density at radius 1 is 1.20 bits per heavy atom. The molecular formula is C15H19ClNO3-. The van der Waals surface area contributed by atoms with E-state index in [2.05, 4.69) is 19.2 Å². The molecule has 1 aromatic carbocycles. The number of carbonyl (C=O) groups is 2. The SMILES string of the molecule is CC(C)c1ccc([C@@H](CC(=O)[O-])NC(=O)CCCl)cc1. The van der Waals surface area contributed by atoms with E-state index in [1.54, 1.807) is 0 Å². The molecule has 1 rings (SSSR count). The van der Waals surface area contributed by atoms with Crippen LogP contribution in [-0.4, -0.2) is 17.8 Å². The molecule has 0 saturated carbocycles. The van der Waals surface area contributed by atoms with Gasteiger partial charge in [0.05, 0.1) is 6.04 Å². The molecule has 0 aliphatic heterocycles. The highest BCUT2D eigenvalue weighted by atomic mass is 35.5. The quantitative estimate of drug-likeness (QED) is 0.779. The van der Waals surface area contributed by atoms with Gasteiger partial charge in [-0.25, -0.2) is 0 Å². The number of rotatable bonds is 7. The standard InChI is InChI=1S/C15H20ClNO3/c1-10(2)11-3-5-12(6-4-11)13(9-15(19)20)17-14(18)7-8-16/h3-6,10,13H,7-9H2,1-2H3,(H,17,18)(H,19,20)/p-1/t13-/m1/s1. The fourth-order valence-electron chi connectivity index (χ4n) is 1.88. The average Bonchev–Trinajstić information content (AvgIpc) is 2.38. The lowest BCUT2D eigenvalue weighted by atomic mass is 9.97. The summed E-state index contributed by atoms with van der Waals surface area (Å²) < 4.78 is 0. The van der Waals surface area contributed by atoms with Crippen LogP contribution in [0.15, 0.2) is 24.3 Å². The molecule has 0 heterocycles. The lowest BCUT2D eigenvalue weighted by molar-refractivity contribution is -0.306. The van der Waals surface area contributed by atoms with E-state index in [1.165, 1.54) is 0 Å². The third-order valence-corrected chi connectivity index (χ3v) is 3.22. The monoisotopic (exact) mass is 296 g/mol. The number of benzene rings is 1. The maximum Gasteiger partial charge on any atom is 0.221 e. The molecule has 1 N–H and O–H groups in total. The van der Waals surface area contributed by atoms with E-state index in [-0.39, 0.29) is 24.6 Å². The zero-order valence-electron chi connectivity index (χ0n) is 11.7. The third-order valence-electron chi connectivity index (χ3n) is 3.03. The molecule has 110 valence electrons. The largest absolute Gasteiger partial charge is 0.550 e. The van der Waals surface area contributed by atoms with E-state index in [0.717, 1.165) is 11.1 Å². The summed E-state index contributed by atoms with van der Waals surface area (Å²) in [5.41, 5.74) is 1.91. The number of aliphatic carboxylic acids is 1. The van der Waals surface area contributed by atoms with Crippen molar-refractivity contribution in [3.8, 4) is 0 Å². The zero-order valence-corrected chi connectivity index (χ0v) is 12.4. The third kappa shape index (κ3) is 5.21. The van der Waals surface area contributed by atoms with Crippen molar-refractivity contribution in [1.29, 1.82) is 0 Å². The van der Waals surface area contributed by atoms with Gasteiger partial charge in [-0.15, -0.1) is 11.6 Å². The fraction of sp³-hybridized carbons (Fsp3) is 0.467. The molecule has 0 saturated heterocycles. The molecule has 1 atom stereocenters. The molecule has 0 bridgehead atoms. The van der Waals surface area contributed by atoms with Gasteiger partial charge in [0.15, 0.2) is 0 Å². The Kier molecular flexibility index (Phi) is 6.52. The van der Waals surface area contributed by atoms with Gasteiger partial charge >= 0.3 is 0 Å². The second-order valence-electron chi connectivity index (χ2n) is 4.96. The number of carboxylic acid groups (broad SMARTS) is 1. The van der Waals surface area contributed by atoms with Crippen LogP contribution >= 0.6 is 11.6 Å². The first-order chi connectivity index (χ1) is 9.43. The number of amides is 1. The molecule has 4 nitrogen and oxygen atoms in total. The molecule has 0 aliphatic rings. The summed E-state index contributed by atoms with van der Waals surface area (Å²) in [7, 11) is 0. The lowest BCUT2D eigenvalue weighted by Gasteiger charge is -2.20. The van der Waals surface area contributed by atoms with Crippen LogP contribution in [0.5, 0.6) is 0 Å². The van der Waals surface area contributed by atoms with Crippen LogP contribution < -0.4 is 10.4 Å². The number of alkyl halides is 1. The van der Waals surface area contributed by atoms with Crippen molar-refractivity contribution in [3.05, 3.63) is 35.4 Å². The van der Waals surface area contributed by atoms with Crippen molar-refractivity contribution >= 4 is 23.5 Å². The second-order valence-corrected chi connectivity index (χ2v) is 5.33. The van der Waals surface area contributed by atoms with Crippen molar-refractivity contribution in [2.75, 3.05) is 5.88 Å². The first-order valence-electron chi connectivity index (χ1n) is 6.59. The molecule has 0 unspecified atom stereocenters. The Morgan fingerprint density at radius 2 is 1.75 bits per heavy atom. The van der Waals surface area contributed by atoms with Crippen LogP contribution in [0.25, 0.3) is 0 Å². The number of carbonyl (C=O) groups excluding carboxylic acids is 2. The summed E-state index contributed by atoms with van der Waals surface area (Å²) in [6.45, 7) is 4.16. The highest BCUT2D eigenvalue weighted by Gasteiger charge is 2.15. The summed E-state index contributed by atoms with van der Waals surface area (Å²) in [4.78, 5) is 22.4. The van der Waals surface area contributed by atoms with Gasteiger partial charge in [-0.3, -0.25) is 4.79 Å². The molecule has 1 aromatic rings. The van der Waals surface area contributed by atoms with Gasteiger partial charge in [-0.2, -0.15) is 0 Å². The Balaban J connectivity index is 2.86. The van der Waals surface area contributed by atoms with Crippen molar-refractivity contribution in [3.63, 3.8) is 0 Å². The lowest BCUT2D eigenvalue weighted by Crippen LogP contribution is -2.34. The van der Waals surface area contributed by atoms with E-state index in [1.807, 2.05) is 24.3 Å². The summed E-state index contributed by atoms with van der Waals surface area (Å²) in [6, 6.07) is 6.97. The normalized spacial score (nSPS) is 12.2. The summed E-state index contributed by atoms with van der Waals surface area (Å²) in [5.74, 6) is -0.862. The van der Waals surface area contributed by atoms with Crippen LogP contribution in [0.1, 0.15) is 49.8 Å². The van der Waals surface area contributed by atoms with Gasteiger partial charge in [0.2, 0.25) is 5.91 Å². The molecule has 20 heavy (non-hydrogen) atoms. The highest BCUT2D eigenvalue weighted by molar-refractivity contribution is 6.18. The van der Waals surface area contributed by atoms with Crippen LogP contribution in [0.4, 0.5) is 0 Å². The van der Waals surface area contributed by atoms with E-state index >= 15 is 0 Å². The van der Waals surface area contributed by atoms with Crippen molar-refractivity contribution < 1.29 is 14.7 Å². The number of nitrogens with one attached hydrogen (secondary N) is 1. The molecule has 0 fully saturated rings. The first kappa shape index (κ1) is 16.5. The zero-order chi connectivity index (χ0) is 15.1. The van der Waals surface area contributed by atoms with Crippen molar-refractivity contribution in [2.45, 2.75) is 38.6 Å². The van der Waals surface area contributed by atoms with E-state index < -0.39 is 12.0 Å². The summed E-state index contributed by atoms with van der Waals surface area (Å²) in [6.07, 6.45) is -0.0930. The predicted molar refractivity (Wildman–Crippen MR) is 76.4 cm³/mol. The fourth-order valence-corrected chi connectivity index (χ4v) is 2.06. The van der Waals surface area contributed by atoms with Crippen molar-refractivity contribution in [2.24, 2.45) is 0 Å². The maximum absolute atomic E-state index is 11.6. The molecule has 5 heteroatoms. The number of hydrogen-bond donors (Lipinski definition) is 1. The molecule has 0 spiro atoms. The summed E-state index contributed by atoms with van der Waals surface area (Å²) >= 11 is 5.50. The van der Waals surface area contributed by atoms with Crippen molar-refractivity contribution in [1.82, 2.24) is 5.32 Å². The van der Waals surface area contributed by atoms with Gasteiger partial charge in [0.25, 0.3) is 0 Å². The summed E-state index contributed by atoms with van der Waals surface area (Å²) in [5, 5.41) is 13.5. The van der Waals surface area contributed by atoms with Gasteiger partial charge < -0.3 is 15.2 Å². The van der Waals surface area contributed by atoms with Crippen LogP contribution in [-0.2, 0) is 9.59 Å². The second kappa shape index (κ2) is 7.90. The van der Waals surface area contributed by atoms with E-state index in [4.69, 9.17) is 11.6 Å². The van der Waals surface area contributed by atoms with E-state index in [9.17, 15) is 14.7 Å². The molecule has 0 radical (unpaired) electrons. The Labute approximate surface area is 124 Å². The van der Waals surface area contributed by atoms with Crippen LogP contribution in [0.2, 0.25) is 0 Å². The van der Waals surface area contributed by atoms with Crippen LogP contribution in [0.3, 0.4) is 0 Å². The van der Waals surface area contributed by atoms with Gasteiger partial charge in [0.1, 0.15) is 0 Å². The van der Waals surface area contributed by atoms with E-state index in [0.29, 0.717) is 5.92 Å². The van der Waals surface area contributed by atoms with Gasteiger partial charge in [0, 0.05) is 24.7 Å². The van der Waals surface area contributed by atoms with Crippen LogP contribution in [0, 0.1) is 0 Å². The van der Waals surface area contributed by atoms with Gasteiger partial charge in [-0.1, -0.05) is 38.1 Å². The average molecular weight is 297 g/mol. The Bertz CT molecular complexity index is 457. The first-order valence-corrected chi connectivity index (χ1v) is 7.12. The number of carboxylic acids is 1. The smallest absolute Gasteiger partial charge is 0.221 e. The minimum Gasteiger partial charge on any atom is -0.550 e. The molecule has 1 amide bonds.